The Morgan fingerprint density at radius 3 is 2.38 bits per heavy atom. The van der Waals surface area contributed by atoms with Gasteiger partial charge in [0.25, 0.3) is 0 Å². The molecule has 3 aliphatic rings. The standard InChI is InChI=1S/C33H42ClN3O2/c1-38-31-19-24-17-23(18-25(24)20-32(31)39-2)16-22-10-14-37(15-11-22)13-5-12-35-33-27-6-3-4-7-29(27)36-30-21-26(34)8-9-28(30)33/h8-9,19-23H,3-7,10-18H2,1-2H3,(H,35,36). The molecule has 2 aromatic carbocycles. The SMILES string of the molecule is COc1cc2c(cc1OC)CC(CC1CCN(CCCNc3c4c(nc5cc(Cl)ccc35)CCCC4)CC1)C2. The van der Waals surface area contributed by atoms with Gasteiger partial charge in [0, 0.05) is 28.3 Å². The Hall–Kier alpha value is -2.50. The largest absolute Gasteiger partial charge is 0.493 e. The van der Waals surface area contributed by atoms with Crippen molar-refractivity contribution in [1.82, 2.24) is 9.88 Å². The van der Waals surface area contributed by atoms with Crippen LogP contribution in [-0.2, 0) is 25.7 Å². The molecule has 1 N–H and O–H groups in total. The Balaban J connectivity index is 0.975. The summed E-state index contributed by atoms with van der Waals surface area (Å²) in [5.74, 6) is 3.33. The van der Waals surface area contributed by atoms with Crippen LogP contribution >= 0.6 is 11.6 Å². The Bertz CT molecular complexity index is 1290. The van der Waals surface area contributed by atoms with Gasteiger partial charge in [-0.1, -0.05) is 11.6 Å². The first-order valence-electron chi connectivity index (χ1n) is 14.9. The van der Waals surface area contributed by atoms with Crippen molar-refractivity contribution in [2.75, 3.05) is 45.7 Å². The van der Waals surface area contributed by atoms with E-state index in [2.05, 4.69) is 28.4 Å². The number of benzene rings is 2. The van der Waals surface area contributed by atoms with Gasteiger partial charge in [0.1, 0.15) is 0 Å². The number of nitrogens with one attached hydrogen (secondary N) is 1. The molecule has 0 radical (unpaired) electrons. The molecule has 0 saturated carbocycles. The number of methoxy groups -OCH3 is 2. The number of halogens is 1. The summed E-state index contributed by atoms with van der Waals surface area (Å²) in [6, 6.07) is 10.5. The Kier molecular flexibility index (Phi) is 8.17. The number of ether oxygens (including phenoxy) is 2. The average Bonchev–Trinajstić information content (AvgIpc) is 3.35. The molecule has 39 heavy (non-hydrogen) atoms. The fraction of sp³-hybridized carbons (Fsp3) is 0.545. The van der Waals surface area contributed by atoms with E-state index in [1.54, 1.807) is 14.2 Å². The number of anilines is 1. The van der Waals surface area contributed by atoms with E-state index in [0.29, 0.717) is 0 Å². The number of hydrogen-bond acceptors (Lipinski definition) is 5. The molecule has 208 valence electrons. The zero-order chi connectivity index (χ0) is 26.8. The first kappa shape index (κ1) is 26.7. The fourth-order valence-corrected chi connectivity index (χ4v) is 7.40. The molecule has 1 saturated heterocycles. The molecule has 6 heteroatoms. The van der Waals surface area contributed by atoms with E-state index < -0.39 is 0 Å². The Morgan fingerprint density at radius 2 is 1.67 bits per heavy atom. The molecule has 1 fully saturated rings. The molecule has 5 nitrogen and oxygen atoms in total. The van der Waals surface area contributed by atoms with Crippen molar-refractivity contribution >= 4 is 28.2 Å². The van der Waals surface area contributed by atoms with Crippen LogP contribution in [0.4, 0.5) is 5.69 Å². The number of fused-ring (bicyclic) bond motifs is 3. The van der Waals surface area contributed by atoms with Crippen LogP contribution in [-0.4, -0.2) is 50.3 Å². The second-order valence-corrected chi connectivity index (χ2v) is 12.3. The van der Waals surface area contributed by atoms with E-state index in [1.807, 2.05) is 12.1 Å². The maximum Gasteiger partial charge on any atom is 0.161 e. The summed E-state index contributed by atoms with van der Waals surface area (Å²) in [4.78, 5) is 7.64. The van der Waals surface area contributed by atoms with Crippen LogP contribution < -0.4 is 14.8 Å². The molecule has 2 heterocycles. The van der Waals surface area contributed by atoms with Crippen molar-refractivity contribution in [3.05, 3.63) is 57.7 Å². The highest BCUT2D eigenvalue weighted by Crippen LogP contribution is 2.40. The lowest BCUT2D eigenvalue weighted by atomic mass is 9.86. The van der Waals surface area contributed by atoms with Crippen molar-refractivity contribution in [2.24, 2.45) is 11.8 Å². The van der Waals surface area contributed by atoms with Crippen LogP contribution in [0.3, 0.4) is 0 Å². The van der Waals surface area contributed by atoms with Gasteiger partial charge < -0.3 is 19.7 Å². The molecule has 0 unspecified atom stereocenters. The zero-order valence-electron chi connectivity index (χ0n) is 23.5. The fourth-order valence-electron chi connectivity index (χ4n) is 7.24. The van der Waals surface area contributed by atoms with Gasteiger partial charge in [-0.15, -0.1) is 0 Å². The number of pyridine rings is 1. The lowest BCUT2D eigenvalue weighted by molar-refractivity contribution is 0.167. The molecule has 0 amide bonds. The first-order valence-corrected chi connectivity index (χ1v) is 15.3. The van der Waals surface area contributed by atoms with Crippen molar-refractivity contribution in [2.45, 2.75) is 64.2 Å². The highest BCUT2D eigenvalue weighted by molar-refractivity contribution is 6.31. The second kappa shape index (κ2) is 11.9. The summed E-state index contributed by atoms with van der Waals surface area (Å²) in [6.07, 6.45) is 12.2. The third-order valence-electron chi connectivity index (χ3n) is 9.27. The molecular weight excluding hydrogens is 506 g/mol. The van der Waals surface area contributed by atoms with Crippen molar-refractivity contribution in [3.63, 3.8) is 0 Å². The van der Waals surface area contributed by atoms with Crippen molar-refractivity contribution in [3.8, 4) is 11.5 Å². The second-order valence-electron chi connectivity index (χ2n) is 11.8. The van der Waals surface area contributed by atoms with Gasteiger partial charge in [-0.25, -0.2) is 0 Å². The predicted octanol–water partition coefficient (Wildman–Crippen LogP) is 7.10. The number of nitrogens with zero attached hydrogens (tertiary/aromatic N) is 2. The Labute approximate surface area is 238 Å². The van der Waals surface area contributed by atoms with Gasteiger partial charge in [0.05, 0.1) is 19.7 Å². The topological polar surface area (TPSA) is 46.6 Å². The summed E-state index contributed by atoms with van der Waals surface area (Å²) < 4.78 is 11.1. The number of likely N-dealkylation sites (tertiary alicyclic amines) is 1. The van der Waals surface area contributed by atoms with Crippen LogP contribution in [0, 0.1) is 11.8 Å². The number of aryl methyl sites for hydroxylation is 1. The maximum atomic E-state index is 6.29. The van der Waals surface area contributed by atoms with Gasteiger partial charge in [-0.05, 0) is 143 Å². The molecule has 0 atom stereocenters. The van der Waals surface area contributed by atoms with Crippen LogP contribution in [0.15, 0.2) is 30.3 Å². The summed E-state index contributed by atoms with van der Waals surface area (Å²) in [6.45, 7) is 4.64. The minimum atomic E-state index is 0.758. The molecule has 1 aromatic heterocycles. The van der Waals surface area contributed by atoms with E-state index >= 15 is 0 Å². The molecule has 1 aliphatic heterocycles. The summed E-state index contributed by atoms with van der Waals surface area (Å²) >= 11 is 6.29. The molecule has 0 bridgehead atoms. The lowest BCUT2D eigenvalue weighted by Crippen LogP contribution is -2.35. The molecular formula is C33H42ClN3O2. The minimum absolute atomic E-state index is 0.758. The third kappa shape index (κ3) is 5.85. The van der Waals surface area contributed by atoms with E-state index in [1.165, 1.54) is 104 Å². The third-order valence-corrected chi connectivity index (χ3v) is 9.51. The minimum Gasteiger partial charge on any atom is -0.493 e. The summed E-state index contributed by atoms with van der Waals surface area (Å²) in [5, 5.41) is 5.81. The van der Waals surface area contributed by atoms with Crippen LogP contribution in [0.5, 0.6) is 11.5 Å². The average molecular weight is 548 g/mol. The predicted molar refractivity (Wildman–Crippen MR) is 161 cm³/mol. The van der Waals surface area contributed by atoms with Gasteiger partial charge >= 0.3 is 0 Å². The number of piperidine rings is 1. The van der Waals surface area contributed by atoms with Crippen LogP contribution in [0.1, 0.15) is 60.9 Å². The van der Waals surface area contributed by atoms with E-state index in [0.717, 1.165) is 53.3 Å². The van der Waals surface area contributed by atoms with E-state index in [4.69, 9.17) is 26.1 Å². The van der Waals surface area contributed by atoms with Crippen molar-refractivity contribution < 1.29 is 9.47 Å². The molecule has 6 rings (SSSR count). The summed E-state index contributed by atoms with van der Waals surface area (Å²) in [5.41, 5.74) is 7.93. The van der Waals surface area contributed by atoms with Gasteiger partial charge in [0.15, 0.2) is 11.5 Å². The monoisotopic (exact) mass is 547 g/mol. The van der Waals surface area contributed by atoms with E-state index in [-0.39, 0.29) is 0 Å². The molecule has 0 spiro atoms. The van der Waals surface area contributed by atoms with Gasteiger partial charge in [-0.2, -0.15) is 0 Å². The Morgan fingerprint density at radius 1 is 0.949 bits per heavy atom. The number of rotatable bonds is 9. The smallest absolute Gasteiger partial charge is 0.161 e. The number of aromatic nitrogens is 1. The highest BCUT2D eigenvalue weighted by atomic mass is 35.5. The molecule has 3 aromatic rings. The van der Waals surface area contributed by atoms with Gasteiger partial charge in [-0.3, -0.25) is 4.98 Å². The maximum absolute atomic E-state index is 6.29. The quantitative estimate of drug-likeness (QED) is 0.289. The number of hydrogen-bond donors (Lipinski definition) is 1. The van der Waals surface area contributed by atoms with Crippen LogP contribution in [0.2, 0.25) is 5.02 Å². The van der Waals surface area contributed by atoms with Crippen LogP contribution in [0.25, 0.3) is 10.9 Å². The van der Waals surface area contributed by atoms with E-state index in [9.17, 15) is 0 Å². The first-order chi connectivity index (χ1) is 19.1. The highest BCUT2D eigenvalue weighted by Gasteiger charge is 2.28. The lowest BCUT2D eigenvalue weighted by Gasteiger charge is -2.33. The summed E-state index contributed by atoms with van der Waals surface area (Å²) in [7, 11) is 3.45. The van der Waals surface area contributed by atoms with Gasteiger partial charge in [0.2, 0.25) is 0 Å². The zero-order valence-corrected chi connectivity index (χ0v) is 24.3. The normalized spacial score (nSPS) is 18.2. The molecule has 2 aliphatic carbocycles. The van der Waals surface area contributed by atoms with Crippen molar-refractivity contribution in [1.29, 1.82) is 0 Å².